The van der Waals surface area contributed by atoms with E-state index < -0.39 is 5.97 Å². The number of fused-ring (bicyclic) bond motifs is 5. The summed E-state index contributed by atoms with van der Waals surface area (Å²) in [7, 11) is 0. The van der Waals surface area contributed by atoms with Crippen molar-refractivity contribution in [3.05, 3.63) is 11.1 Å². The van der Waals surface area contributed by atoms with Gasteiger partial charge in [0.25, 0.3) is 0 Å². The summed E-state index contributed by atoms with van der Waals surface area (Å²) in [4.78, 5) is 12.4. The van der Waals surface area contributed by atoms with Crippen molar-refractivity contribution in [3.63, 3.8) is 0 Å². The molecule has 0 unspecified atom stereocenters. The Labute approximate surface area is 164 Å². The Hall–Kier alpha value is -1.30. The second-order valence-electron chi connectivity index (χ2n) is 10.1. The van der Waals surface area contributed by atoms with Crippen molar-refractivity contribution in [3.8, 4) is 6.07 Å². The van der Waals surface area contributed by atoms with E-state index in [4.69, 9.17) is 4.74 Å². The predicted octanol–water partition coefficient (Wildman–Crippen LogP) is 5.80. The minimum absolute atomic E-state index is 0.0247. The zero-order chi connectivity index (χ0) is 19.2. The lowest BCUT2D eigenvalue weighted by Gasteiger charge is -2.60. The minimum Gasteiger partial charge on any atom is -0.462 e. The number of hydrogen-bond donors (Lipinski definition) is 0. The summed E-state index contributed by atoms with van der Waals surface area (Å²) >= 11 is 0. The molecule has 0 saturated heterocycles. The maximum Gasteiger partial charge on any atom is 0.348 e. The highest BCUT2D eigenvalue weighted by atomic mass is 16.5. The number of rotatable bonds is 2. The van der Waals surface area contributed by atoms with Crippen LogP contribution in [0.5, 0.6) is 0 Å². The predicted molar refractivity (Wildman–Crippen MR) is 106 cm³/mol. The summed E-state index contributed by atoms with van der Waals surface area (Å²) in [6, 6.07) is 2.22. The Morgan fingerprint density at radius 3 is 2.67 bits per heavy atom. The van der Waals surface area contributed by atoms with Gasteiger partial charge >= 0.3 is 5.97 Å². The molecule has 3 nitrogen and oxygen atoms in total. The average Bonchev–Trinajstić information content (AvgIpc) is 2.99. The Balaban J connectivity index is 1.65. The Bertz CT molecular complexity index is 689. The maximum absolute atomic E-state index is 12.4. The van der Waals surface area contributed by atoms with Crippen LogP contribution in [-0.4, -0.2) is 12.6 Å². The van der Waals surface area contributed by atoms with E-state index in [0.29, 0.717) is 23.5 Å². The number of nitriles is 1. The fourth-order valence-electron chi connectivity index (χ4n) is 7.96. The number of carbonyl (C=O) groups is 1. The van der Waals surface area contributed by atoms with Crippen molar-refractivity contribution in [2.45, 2.75) is 85.0 Å². The van der Waals surface area contributed by atoms with E-state index in [9.17, 15) is 10.1 Å². The van der Waals surface area contributed by atoms with Gasteiger partial charge in [-0.05, 0) is 98.4 Å². The lowest BCUT2D eigenvalue weighted by molar-refractivity contribution is -0.138. The van der Waals surface area contributed by atoms with E-state index in [-0.39, 0.29) is 5.41 Å². The molecule has 6 atom stereocenters. The van der Waals surface area contributed by atoms with Crippen LogP contribution in [0, 0.1) is 45.8 Å². The van der Waals surface area contributed by atoms with E-state index in [1.54, 1.807) is 0 Å². The van der Waals surface area contributed by atoms with Crippen molar-refractivity contribution in [1.82, 2.24) is 0 Å². The van der Waals surface area contributed by atoms with E-state index >= 15 is 0 Å². The molecule has 0 aliphatic heterocycles. The lowest BCUT2D eigenvalue weighted by Crippen LogP contribution is -2.52. The third-order valence-electron chi connectivity index (χ3n) is 9.26. The van der Waals surface area contributed by atoms with Crippen molar-refractivity contribution >= 4 is 5.97 Å². The first-order valence-corrected chi connectivity index (χ1v) is 11.3. The van der Waals surface area contributed by atoms with Gasteiger partial charge in [-0.3, -0.25) is 0 Å². The van der Waals surface area contributed by atoms with Crippen molar-refractivity contribution in [2.24, 2.45) is 34.5 Å². The topological polar surface area (TPSA) is 50.1 Å². The van der Waals surface area contributed by atoms with Crippen molar-refractivity contribution in [2.75, 3.05) is 6.61 Å². The fourth-order valence-corrected chi connectivity index (χ4v) is 7.96. The van der Waals surface area contributed by atoms with Crippen molar-refractivity contribution in [1.29, 1.82) is 5.26 Å². The van der Waals surface area contributed by atoms with Gasteiger partial charge in [-0.15, -0.1) is 0 Å². The first kappa shape index (κ1) is 19.0. The van der Waals surface area contributed by atoms with Gasteiger partial charge in [0, 0.05) is 0 Å². The molecule has 0 heterocycles. The molecule has 0 aromatic carbocycles. The Morgan fingerprint density at radius 2 is 1.93 bits per heavy atom. The average molecular weight is 370 g/mol. The number of carbonyl (C=O) groups excluding carboxylic acids is 1. The minimum atomic E-state index is -0.401. The standard InChI is InChI=1S/C24H35NO2/c1-4-27-22(26)18(15-25)20-11-10-19-17-9-8-16-7-5-6-13-23(16,2)21(17)12-14-24(19,20)3/h16-17,19,21H,4-14H2,1-3H3/b20-18-/t16-,17-,19+,21-,23+,24+/m1/s1. The van der Waals surface area contributed by atoms with Crippen LogP contribution >= 0.6 is 0 Å². The molecule has 27 heavy (non-hydrogen) atoms. The lowest BCUT2D eigenvalue weighted by atomic mass is 9.45. The first-order valence-electron chi connectivity index (χ1n) is 11.3. The van der Waals surface area contributed by atoms with Gasteiger partial charge in [0.15, 0.2) is 0 Å². The zero-order valence-electron chi connectivity index (χ0n) is 17.4. The highest BCUT2D eigenvalue weighted by molar-refractivity contribution is 5.94. The summed E-state index contributed by atoms with van der Waals surface area (Å²) < 4.78 is 5.21. The number of hydrogen-bond acceptors (Lipinski definition) is 3. The molecule has 3 heteroatoms. The third kappa shape index (κ3) is 2.78. The molecule has 0 amide bonds. The molecule has 4 saturated carbocycles. The molecular weight excluding hydrogens is 334 g/mol. The molecule has 0 radical (unpaired) electrons. The molecule has 148 valence electrons. The van der Waals surface area contributed by atoms with E-state index in [2.05, 4.69) is 19.9 Å². The van der Waals surface area contributed by atoms with Gasteiger partial charge in [-0.1, -0.05) is 26.7 Å². The van der Waals surface area contributed by atoms with Gasteiger partial charge in [0.05, 0.1) is 6.61 Å². The summed E-state index contributed by atoms with van der Waals surface area (Å²) in [6.45, 7) is 7.09. The van der Waals surface area contributed by atoms with Gasteiger partial charge in [-0.25, -0.2) is 4.79 Å². The van der Waals surface area contributed by atoms with Gasteiger partial charge in [0.2, 0.25) is 0 Å². The number of ether oxygens (including phenoxy) is 1. The smallest absolute Gasteiger partial charge is 0.348 e. The highest BCUT2D eigenvalue weighted by Crippen LogP contribution is 2.67. The van der Waals surface area contributed by atoms with E-state index in [0.717, 1.165) is 42.6 Å². The van der Waals surface area contributed by atoms with Crippen LogP contribution < -0.4 is 0 Å². The largest absolute Gasteiger partial charge is 0.462 e. The maximum atomic E-state index is 12.4. The highest BCUT2D eigenvalue weighted by Gasteiger charge is 2.59. The molecule has 0 spiro atoms. The van der Waals surface area contributed by atoms with Crippen LogP contribution in [0.4, 0.5) is 0 Å². The zero-order valence-corrected chi connectivity index (χ0v) is 17.4. The molecule has 0 N–H and O–H groups in total. The van der Waals surface area contributed by atoms with Crippen LogP contribution in [-0.2, 0) is 9.53 Å². The molecular formula is C24H35NO2. The van der Waals surface area contributed by atoms with Gasteiger partial charge in [0.1, 0.15) is 11.6 Å². The number of esters is 1. The second-order valence-corrected chi connectivity index (χ2v) is 10.1. The van der Waals surface area contributed by atoms with Crippen LogP contribution in [0.15, 0.2) is 11.1 Å². The third-order valence-corrected chi connectivity index (χ3v) is 9.26. The summed E-state index contributed by atoms with van der Waals surface area (Å²) in [5, 5.41) is 9.71. The summed E-state index contributed by atoms with van der Waals surface area (Å²) in [5.74, 6) is 2.80. The monoisotopic (exact) mass is 369 g/mol. The fraction of sp³-hybridized carbons (Fsp3) is 0.833. The van der Waals surface area contributed by atoms with Crippen LogP contribution in [0.2, 0.25) is 0 Å². The molecule has 4 fully saturated rings. The first-order chi connectivity index (χ1) is 13.0. The van der Waals surface area contributed by atoms with Gasteiger partial charge in [-0.2, -0.15) is 5.26 Å². The molecule has 0 aromatic rings. The van der Waals surface area contributed by atoms with E-state index in [1.165, 1.54) is 44.9 Å². The van der Waals surface area contributed by atoms with E-state index in [1.807, 2.05) is 6.92 Å². The molecule has 0 bridgehead atoms. The molecule has 4 aliphatic carbocycles. The summed E-state index contributed by atoms with van der Waals surface area (Å²) in [5.41, 5.74) is 1.99. The molecule has 4 aliphatic rings. The Kier molecular flexibility index (Phi) is 4.90. The molecule has 0 aromatic heterocycles. The Morgan fingerprint density at radius 1 is 1.11 bits per heavy atom. The van der Waals surface area contributed by atoms with Crippen LogP contribution in [0.3, 0.4) is 0 Å². The second kappa shape index (κ2) is 6.94. The van der Waals surface area contributed by atoms with Crippen LogP contribution in [0.25, 0.3) is 0 Å². The normalized spacial score (nSPS) is 45.1. The quantitative estimate of drug-likeness (QED) is 0.351. The van der Waals surface area contributed by atoms with Crippen LogP contribution in [0.1, 0.15) is 85.0 Å². The summed E-state index contributed by atoms with van der Waals surface area (Å²) in [6.07, 6.45) is 12.9. The van der Waals surface area contributed by atoms with Crippen molar-refractivity contribution < 1.29 is 9.53 Å². The SMILES string of the molecule is CCOC(=O)/C(C#N)=C1/CC[C@H]2[C@H]3CC[C@H]4CCCC[C@]4(C)[C@@H]3CC[C@]12C. The number of nitrogens with zero attached hydrogens (tertiary/aromatic N) is 1. The van der Waals surface area contributed by atoms with Gasteiger partial charge < -0.3 is 4.74 Å². The number of allylic oxidation sites excluding steroid dienone is 1. The molecule has 4 rings (SSSR count).